The number of fused-ring (bicyclic) bond motifs is 1. The van der Waals surface area contributed by atoms with Gasteiger partial charge < -0.3 is 10.2 Å². The summed E-state index contributed by atoms with van der Waals surface area (Å²) in [5.74, 6) is -0.240. The summed E-state index contributed by atoms with van der Waals surface area (Å²) in [7, 11) is 0. The van der Waals surface area contributed by atoms with Gasteiger partial charge in [0, 0.05) is 25.1 Å². The Bertz CT molecular complexity index is 1060. The van der Waals surface area contributed by atoms with Crippen LogP contribution in [0.15, 0.2) is 78.9 Å². The zero-order valence-corrected chi connectivity index (χ0v) is 17.4. The highest BCUT2D eigenvalue weighted by atomic mass is 16.2. The summed E-state index contributed by atoms with van der Waals surface area (Å²) in [4.78, 5) is 28.5. The van der Waals surface area contributed by atoms with E-state index in [0.717, 1.165) is 16.7 Å². The SMILES string of the molecule is Cc1ccc(CNC(=O)C2(C)Cc3ccccc3C(=O)N2Cc2ccccc2)cc1. The van der Waals surface area contributed by atoms with Gasteiger partial charge in [0.05, 0.1) is 0 Å². The van der Waals surface area contributed by atoms with E-state index in [0.29, 0.717) is 25.1 Å². The van der Waals surface area contributed by atoms with Crippen LogP contribution in [0, 0.1) is 6.92 Å². The lowest BCUT2D eigenvalue weighted by atomic mass is 9.82. The first-order chi connectivity index (χ1) is 14.5. The third kappa shape index (κ3) is 3.86. The Kier molecular flexibility index (Phi) is 5.40. The van der Waals surface area contributed by atoms with Crippen molar-refractivity contribution < 1.29 is 9.59 Å². The average Bonchev–Trinajstić information content (AvgIpc) is 2.77. The maximum Gasteiger partial charge on any atom is 0.255 e. The Labute approximate surface area is 177 Å². The van der Waals surface area contributed by atoms with E-state index < -0.39 is 5.54 Å². The predicted molar refractivity (Wildman–Crippen MR) is 118 cm³/mol. The Hall–Kier alpha value is -3.40. The van der Waals surface area contributed by atoms with Gasteiger partial charge in [-0.3, -0.25) is 9.59 Å². The van der Waals surface area contributed by atoms with Gasteiger partial charge in [-0.15, -0.1) is 0 Å². The van der Waals surface area contributed by atoms with Crippen LogP contribution in [0.4, 0.5) is 0 Å². The van der Waals surface area contributed by atoms with E-state index in [1.165, 1.54) is 5.56 Å². The molecule has 0 bridgehead atoms. The van der Waals surface area contributed by atoms with Crippen LogP contribution in [0.25, 0.3) is 0 Å². The van der Waals surface area contributed by atoms with Gasteiger partial charge in [0.25, 0.3) is 5.91 Å². The second kappa shape index (κ2) is 8.15. The van der Waals surface area contributed by atoms with Crippen molar-refractivity contribution >= 4 is 11.8 Å². The van der Waals surface area contributed by atoms with E-state index >= 15 is 0 Å². The highest BCUT2D eigenvalue weighted by molar-refractivity contribution is 6.02. The Morgan fingerprint density at radius 1 is 0.933 bits per heavy atom. The average molecular weight is 399 g/mol. The molecule has 1 heterocycles. The lowest BCUT2D eigenvalue weighted by Gasteiger charge is -2.44. The minimum atomic E-state index is -0.966. The number of hydrogen-bond donors (Lipinski definition) is 1. The minimum Gasteiger partial charge on any atom is -0.350 e. The summed E-state index contributed by atoms with van der Waals surface area (Å²) < 4.78 is 0. The maximum atomic E-state index is 13.4. The molecule has 0 saturated heterocycles. The quantitative estimate of drug-likeness (QED) is 0.698. The van der Waals surface area contributed by atoms with Crippen LogP contribution in [0.3, 0.4) is 0 Å². The van der Waals surface area contributed by atoms with E-state index in [2.05, 4.69) is 5.32 Å². The lowest BCUT2D eigenvalue weighted by Crippen LogP contribution is -2.62. The van der Waals surface area contributed by atoms with Crippen molar-refractivity contribution in [2.24, 2.45) is 0 Å². The summed E-state index contributed by atoms with van der Waals surface area (Å²) >= 11 is 0. The molecule has 2 amide bonds. The monoisotopic (exact) mass is 398 g/mol. The summed E-state index contributed by atoms with van der Waals surface area (Å²) in [5, 5.41) is 3.06. The topological polar surface area (TPSA) is 49.4 Å². The van der Waals surface area contributed by atoms with E-state index in [4.69, 9.17) is 0 Å². The fourth-order valence-electron chi connectivity index (χ4n) is 4.01. The minimum absolute atomic E-state index is 0.103. The van der Waals surface area contributed by atoms with Crippen molar-refractivity contribution in [1.82, 2.24) is 10.2 Å². The third-order valence-corrected chi connectivity index (χ3v) is 5.87. The largest absolute Gasteiger partial charge is 0.350 e. The summed E-state index contributed by atoms with van der Waals surface area (Å²) in [5.41, 5.74) is 3.85. The number of carbonyl (C=O) groups is 2. The van der Waals surface area contributed by atoms with Crippen molar-refractivity contribution in [3.8, 4) is 0 Å². The summed E-state index contributed by atoms with van der Waals surface area (Å²) in [6, 6.07) is 25.5. The van der Waals surface area contributed by atoms with Crippen LogP contribution >= 0.6 is 0 Å². The standard InChI is InChI=1S/C26H26N2O2/c1-19-12-14-20(15-13-19)17-27-25(30)26(2)16-22-10-6-7-11-23(22)24(29)28(26)18-21-8-4-3-5-9-21/h3-15H,16-18H2,1-2H3,(H,27,30). The van der Waals surface area contributed by atoms with Gasteiger partial charge in [-0.2, -0.15) is 0 Å². The Balaban J connectivity index is 1.63. The molecule has 152 valence electrons. The molecule has 0 radical (unpaired) electrons. The molecule has 1 aliphatic heterocycles. The molecular formula is C26H26N2O2. The highest BCUT2D eigenvalue weighted by Gasteiger charge is 2.46. The van der Waals surface area contributed by atoms with Crippen LogP contribution < -0.4 is 5.32 Å². The molecule has 0 aliphatic carbocycles. The molecular weight excluding hydrogens is 372 g/mol. The van der Waals surface area contributed by atoms with Crippen molar-refractivity contribution in [1.29, 1.82) is 0 Å². The fraction of sp³-hybridized carbons (Fsp3) is 0.231. The van der Waals surface area contributed by atoms with Crippen molar-refractivity contribution in [3.05, 3.63) is 107 Å². The van der Waals surface area contributed by atoms with Crippen molar-refractivity contribution in [2.45, 2.75) is 38.9 Å². The molecule has 1 aliphatic rings. The number of carbonyl (C=O) groups excluding carboxylic acids is 2. The summed E-state index contributed by atoms with van der Waals surface area (Å²) in [6.45, 7) is 4.73. The first-order valence-electron chi connectivity index (χ1n) is 10.2. The van der Waals surface area contributed by atoms with E-state index in [1.807, 2.05) is 92.7 Å². The fourth-order valence-corrected chi connectivity index (χ4v) is 4.01. The van der Waals surface area contributed by atoms with Gasteiger partial charge in [-0.1, -0.05) is 78.4 Å². The number of benzene rings is 3. The van der Waals surface area contributed by atoms with Gasteiger partial charge in [0.2, 0.25) is 5.91 Å². The number of nitrogens with one attached hydrogen (secondary N) is 1. The molecule has 0 spiro atoms. The number of rotatable bonds is 5. The zero-order valence-electron chi connectivity index (χ0n) is 17.4. The zero-order chi connectivity index (χ0) is 21.1. The lowest BCUT2D eigenvalue weighted by molar-refractivity contribution is -0.132. The molecule has 1 atom stereocenters. The highest BCUT2D eigenvalue weighted by Crippen LogP contribution is 2.32. The van der Waals surface area contributed by atoms with Gasteiger partial charge in [-0.25, -0.2) is 0 Å². The molecule has 3 aromatic carbocycles. The first-order valence-corrected chi connectivity index (χ1v) is 10.2. The smallest absolute Gasteiger partial charge is 0.255 e. The van der Waals surface area contributed by atoms with Crippen LogP contribution in [0.2, 0.25) is 0 Å². The van der Waals surface area contributed by atoms with Crippen molar-refractivity contribution in [3.63, 3.8) is 0 Å². The van der Waals surface area contributed by atoms with E-state index in [-0.39, 0.29) is 11.8 Å². The first kappa shape index (κ1) is 19.9. The molecule has 1 N–H and O–H groups in total. The number of amides is 2. The molecule has 4 heteroatoms. The predicted octanol–water partition coefficient (Wildman–Crippen LogP) is 4.27. The van der Waals surface area contributed by atoms with Crippen molar-refractivity contribution in [2.75, 3.05) is 0 Å². The number of nitrogens with zero attached hydrogens (tertiary/aromatic N) is 1. The van der Waals surface area contributed by atoms with Gasteiger partial charge >= 0.3 is 0 Å². The molecule has 30 heavy (non-hydrogen) atoms. The number of hydrogen-bond acceptors (Lipinski definition) is 2. The molecule has 4 rings (SSSR count). The second-order valence-corrected chi connectivity index (χ2v) is 8.15. The van der Waals surface area contributed by atoms with Crippen LogP contribution in [0.5, 0.6) is 0 Å². The van der Waals surface area contributed by atoms with Gasteiger partial charge in [-0.05, 0) is 36.6 Å². The number of aryl methyl sites for hydroxylation is 1. The van der Waals surface area contributed by atoms with Gasteiger partial charge in [0.15, 0.2) is 0 Å². The maximum absolute atomic E-state index is 13.4. The summed E-state index contributed by atoms with van der Waals surface area (Å²) in [6.07, 6.45) is 0.488. The second-order valence-electron chi connectivity index (χ2n) is 8.15. The molecule has 3 aromatic rings. The third-order valence-electron chi connectivity index (χ3n) is 5.87. The normalized spacial score (nSPS) is 18.1. The van der Waals surface area contributed by atoms with Crippen LogP contribution in [0.1, 0.15) is 39.5 Å². The molecule has 0 saturated carbocycles. The Morgan fingerprint density at radius 3 is 2.33 bits per heavy atom. The van der Waals surface area contributed by atoms with E-state index in [9.17, 15) is 9.59 Å². The van der Waals surface area contributed by atoms with Crippen LogP contribution in [-0.2, 0) is 24.3 Å². The molecule has 4 nitrogen and oxygen atoms in total. The molecule has 0 aromatic heterocycles. The Morgan fingerprint density at radius 2 is 1.60 bits per heavy atom. The van der Waals surface area contributed by atoms with Gasteiger partial charge in [0.1, 0.15) is 5.54 Å². The van der Waals surface area contributed by atoms with Crippen LogP contribution in [-0.4, -0.2) is 22.3 Å². The van der Waals surface area contributed by atoms with E-state index in [1.54, 1.807) is 4.90 Å². The molecule has 0 fully saturated rings. The molecule has 1 unspecified atom stereocenters.